The Kier molecular flexibility index (Phi) is 7.17. The number of hydrazone groups is 1. The number of aryl methyl sites for hydroxylation is 2. The lowest BCUT2D eigenvalue weighted by atomic mass is 10.2. The maximum absolute atomic E-state index is 13.1. The molecule has 2 heterocycles. The average molecular weight is 400 g/mol. The van der Waals surface area contributed by atoms with Crippen molar-refractivity contribution in [1.29, 1.82) is 0 Å². The minimum absolute atomic E-state index is 0. The first kappa shape index (κ1) is 21.5. The molecule has 3 aromatic rings. The van der Waals surface area contributed by atoms with Gasteiger partial charge in [0.2, 0.25) is 0 Å². The van der Waals surface area contributed by atoms with Gasteiger partial charge in [-0.05, 0) is 51.1 Å². The third-order valence-corrected chi connectivity index (χ3v) is 3.79. The largest absolute Gasteiger partial charge is 0.335 e. The fraction of sp³-hybridized carbons (Fsp3) is 0.188. The molecule has 0 atom stereocenters. The molecular weight excluding hydrogens is 380 g/mol. The number of aromatic nitrogens is 4. The number of nitrogen functional groups attached to an aromatic ring is 1. The molecule has 7 nitrogen and oxygen atoms in total. The van der Waals surface area contributed by atoms with Crippen LogP contribution in [0.25, 0.3) is 5.69 Å². The fourth-order valence-electron chi connectivity index (χ4n) is 2.51. The summed E-state index contributed by atoms with van der Waals surface area (Å²) in [6, 6.07) is 8.38. The summed E-state index contributed by atoms with van der Waals surface area (Å²) < 4.78 is 16.5. The van der Waals surface area contributed by atoms with Crippen molar-refractivity contribution in [2.24, 2.45) is 5.10 Å². The molecule has 1 aromatic carbocycles. The van der Waals surface area contributed by atoms with Gasteiger partial charge in [0.15, 0.2) is 5.82 Å². The third-order valence-electron chi connectivity index (χ3n) is 3.79. The summed E-state index contributed by atoms with van der Waals surface area (Å²) in [5, 5.41) is 11.9. The van der Waals surface area contributed by atoms with E-state index >= 15 is 0 Å². The SMILES string of the molecule is Cc1nnc(N/N=C/c2cc(C)n(-c3ccc(F)cc3)c2C)n1N.Cl.Cl. The number of nitrogens with two attached hydrogens (primary N) is 1. The zero-order valence-electron chi connectivity index (χ0n) is 14.5. The van der Waals surface area contributed by atoms with Crippen LogP contribution in [0.15, 0.2) is 35.4 Å². The zero-order valence-corrected chi connectivity index (χ0v) is 16.1. The smallest absolute Gasteiger partial charge is 0.263 e. The molecule has 0 amide bonds. The van der Waals surface area contributed by atoms with Crippen molar-refractivity contribution in [3.05, 3.63) is 58.9 Å². The maximum atomic E-state index is 13.1. The van der Waals surface area contributed by atoms with Gasteiger partial charge in [0, 0.05) is 22.6 Å². The van der Waals surface area contributed by atoms with Gasteiger partial charge in [-0.25, -0.2) is 14.5 Å². The highest BCUT2D eigenvalue weighted by Crippen LogP contribution is 2.20. The molecule has 3 N–H and O–H groups in total. The lowest BCUT2D eigenvalue weighted by molar-refractivity contribution is 0.627. The Hall–Kier alpha value is -2.58. The Bertz CT molecular complexity index is 900. The number of benzene rings is 1. The standard InChI is InChI=1S/C16H18FN7.2ClH/c1-10-8-13(9-19-21-16-22-20-12(3)24(16)18)11(2)23(10)15-6-4-14(17)5-7-15;;/h4-9H,18H2,1-3H3,(H,21,22);2*1H/b19-9+;;. The van der Waals surface area contributed by atoms with Crippen molar-refractivity contribution < 1.29 is 4.39 Å². The molecule has 0 bridgehead atoms. The molecule has 0 aliphatic heterocycles. The predicted molar refractivity (Wildman–Crippen MR) is 106 cm³/mol. The molecular formula is C16H20Cl2FN7. The molecule has 2 aromatic heterocycles. The highest BCUT2D eigenvalue weighted by molar-refractivity contribution is 5.85. The van der Waals surface area contributed by atoms with Crippen LogP contribution in [0, 0.1) is 26.6 Å². The molecule has 26 heavy (non-hydrogen) atoms. The number of nitrogens with one attached hydrogen (secondary N) is 1. The second kappa shape index (κ2) is 8.68. The van der Waals surface area contributed by atoms with Crippen LogP contribution >= 0.6 is 24.8 Å². The lowest BCUT2D eigenvalue weighted by Gasteiger charge is -2.09. The van der Waals surface area contributed by atoms with Gasteiger partial charge in [-0.15, -0.1) is 35.0 Å². The molecule has 10 heteroatoms. The van der Waals surface area contributed by atoms with Crippen molar-refractivity contribution in [3.8, 4) is 5.69 Å². The highest BCUT2D eigenvalue weighted by atomic mass is 35.5. The Labute approximate surface area is 162 Å². The van der Waals surface area contributed by atoms with Crippen molar-refractivity contribution in [2.75, 3.05) is 11.3 Å². The summed E-state index contributed by atoms with van der Waals surface area (Å²) in [5.41, 5.74) is 6.62. The first-order valence-electron chi connectivity index (χ1n) is 7.38. The van der Waals surface area contributed by atoms with E-state index in [-0.39, 0.29) is 30.6 Å². The van der Waals surface area contributed by atoms with Crippen LogP contribution in [-0.2, 0) is 0 Å². The number of nitrogens with zero attached hydrogens (tertiary/aromatic N) is 5. The van der Waals surface area contributed by atoms with Gasteiger partial charge in [0.1, 0.15) is 5.82 Å². The normalized spacial score (nSPS) is 10.5. The first-order valence-corrected chi connectivity index (χ1v) is 7.38. The van der Waals surface area contributed by atoms with E-state index in [9.17, 15) is 4.39 Å². The summed E-state index contributed by atoms with van der Waals surface area (Å²) in [6.07, 6.45) is 1.69. The number of rotatable bonds is 4. The summed E-state index contributed by atoms with van der Waals surface area (Å²) in [7, 11) is 0. The Morgan fingerprint density at radius 2 is 1.77 bits per heavy atom. The molecule has 0 fully saturated rings. The highest BCUT2D eigenvalue weighted by Gasteiger charge is 2.10. The van der Waals surface area contributed by atoms with Crippen LogP contribution < -0.4 is 11.3 Å². The number of anilines is 1. The van der Waals surface area contributed by atoms with Crippen molar-refractivity contribution >= 4 is 37.0 Å². The van der Waals surface area contributed by atoms with Gasteiger partial charge in [-0.3, -0.25) is 0 Å². The van der Waals surface area contributed by atoms with Crippen LogP contribution in [0.2, 0.25) is 0 Å². The molecule has 0 saturated carbocycles. The summed E-state index contributed by atoms with van der Waals surface area (Å²) >= 11 is 0. The van der Waals surface area contributed by atoms with Gasteiger partial charge >= 0.3 is 0 Å². The third kappa shape index (κ3) is 4.14. The average Bonchev–Trinajstić information content (AvgIpc) is 3.02. The van der Waals surface area contributed by atoms with Crippen LogP contribution in [0.1, 0.15) is 22.8 Å². The molecule has 0 radical (unpaired) electrons. The van der Waals surface area contributed by atoms with Gasteiger partial charge in [0.25, 0.3) is 5.95 Å². The summed E-state index contributed by atoms with van der Waals surface area (Å²) in [4.78, 5) is 0. The van der Waals surface area contributed by atoms with Gasteiger partial charge < -0.3 is 10.4 Å². The van der Waals surface area contributed by atoms with Gasteiger partial charge in [-0.1, -0.05) is 0 Å². The summed E-state index contributed by atoms with van der Waals surface area (Å²) in [6.45, 7) is 5.71. The molecule has 0 aliphatic carbocycles. The number of hydrogen-bond donors (Lipinski definition) is 2. The van der Waals surface area contributed by atoms with Crippen molar-refractivity contribution in [3.63, 3.8) is 0 Å². The van der Waals surface area contributed by atoms with Crippen LogP contribution in [-0.4, -0.2) is 25.7 Å². The van der Waals surface area contributed by atoms with Crippen LogP contribution in [0.4, 0.5) is 10.3 Å². The van der Waals surface area contributed by atoms with E-state index in [1.165, 1.54) is 16.8 Å². The second-order valence-corrected chi connectivity index (χ2v) is 5.45. The van der Waals surface area contributed by atoms with Crippen molar-refractivity contribution in [1.82, 2.24) is 19.4 Å². The molecule has 0 unspecified atom stereocenters. The van der Waals surface area contributed by atoms with E-state index in [1.54, 1.807) is 25.3 Å². The minimum atomic E-state index is -0.256. The quantitative estimate of drug-likeness (QED) is 0.400. The molecule has 3 rings (SSSR count). The summed E-state index contributed by atoms with van der Waals surface area (Å²) in [5.74, 6) is 6.44. The van der Waals surface area contributed by atoms with Crippen molar-refractivity contribution in [2.45, 2.75) is 20.8 Å². The number of hydrogen-bond acceptors (Lipinski definition) is 5. The van der Waals surface area contributed by atoms with Gasteiger partial charge in [0.05, 0.1) is 6.21 Å². The van der Waals surface area contributed by atoms with E-state index < -0.39 is 0 Å². The first-order chi connectivity index (χ1) is 11.5. The lowest BCUT2D eigenvalue weighted by Crippen LogP contribution is -2.13. The van der Waals surface area contributed by atoms with E-state index in [0.29, 0.717) is 11.8 Å². The van der Waals surface area contributed by atoms with Gasteiger partial charge in [-0.2, -0.15) is 5.10 Å². The molecule has 140 valence electrons. The fourth-order valence-corrected chi connectivity index (χ4v) is 2.51. The topological polar surface area (TPSA) is 86.0 Å². The monoisotopic (exact) mass is 399 g/mol. The minimum Gasteiger partial charge on any atom is -0.335 e. The Morgan fingerprint density at radius 1 is 1.12 bits per heavy atom. The second-order valence-electron chi connectivity index (χ2n) is 5.45. The van der Waals surface area contributed by atoms with E-state index in [4.69, 9.17) is 5.84 Å². The van der Waals surface area contributed by atoms with Crippen LogP contribution in [0.5, 0.6) is 0 Å². The Balaban J connectivity index is 0.00000169. The molecule has 0 saturated heterocycles. The van der Waals surface area contributed by atoms with E-state index in [2.05, 4.69) is 20.7 Å². The molecule has 0 aliphatic rings. The van der Waals surface area contributed by atoms with E-state index in [0.717, 1.165) is 22.6 Å². The van der Waals surface area contributed by atoms with E-state index in [1.807, 2.05) is 24.5 Å². The zero-order chi connectivity index (χ0) is 17.3. The maximum Gasteiger partial charge on any atom is 0.263 e. The Morgan fingerprint density at radius 3 is 2.35 bits per heavy atom. The predicted octanol–water partition coefficient (Wildman–Crippen LogP) is 3.14. The number of halogens is 3. The molecule has 0 spiro atoms. The van der Waals surface area contributed by atoms with Crippen LogP contribution in [0.3, 0.4) is 0 Å².